The Morgan fingerprint density at radius 2 is 2.05 bits per heavy atom. The minimum absolute atomic E-state index is 0.150. The monoisotopic (exact) mass is 305 g/mol. The highest BCUT2D eigenvalue weighted by Gasteiger charge is 2.18. The van der Waals surface area contributed by atoms with E-state index in [1.54, 1.807) is 0 Å². The molecule has 1 aliphatic rings. The highest BCUT2D eigenvalue weighted by molar-refractivity contribution is 5.98. The number of nitrogens with two attached hydrogens (primary N) is 1. The molecule has 2 rings (SSSR count). The average Bonchev–Trinajstić information content (AvgIpc) is 2.49. The number of hydrogen-bond donors (Lipinski definition) is 2. The highest BCUT2D eigenvalue weighted by Crippen LogP contribution is 2.16. The number of piperidine rings is 1. The van der Waals surface area contributed by atoms with E-state index in [4.69, 9.17) is 10.6 Å². The second-order valence-electron chi connectivity index (χ2n) is 6.33. The second-order valence-corrected chi connectivity index (χ2v) is 6.33. The van der Waals surface area contributed by atoms with Crippen molar-refractivity contribution >= 4 is 5.84 Å². The normalized spacial score (nSPS) is 17.9. The lowest BCUT2D eigenvalue weighted by atomic mass is 10.0. The number of aliphatic hydroxyl groups is 1. The predicted molar refractivity (Wildman–Crippen MR) is 88.5 cm³/mol. The molecule has 5 nitrogen and oxygen atoms in total. The van der Waals surface area contributed by atoms with Crippen molar-refractivity contribution in [3.05, 3.63) is 35.4 Å². The van der Waals surface area contributed by atoms with Gasteiger partial charge in [0.1, 0.15) is 6.61 Å². The Kier molecular flexibility index (Phi) is 6.21. The molecule has 0 bridgehead atoms. The van der Waals surface area contributed by atoms with Gasteiger partial charge in [0.2, 0.25) is 0 Å². The van der Waals surface area contributed by atoms with Crippen LogP contribution in [0.15, 0.2) is 29.4 Å². The van der Waals surface area contributed by atoms with Crippen molar-refractivity contribution in [1.82, 2.24) is 4.90 Å². The Balaban J connectivity index is 2.03. The van der Waals surface area contributed by atoms with E-state index in [-0.39, 0.29) is 6.10 Å². The Morgan fingerprint density at radius 3 is 2.73 bits per heavy atom. The fraction of sp³-hybridized carbons (Fsp3) is 0.588. The van der Waals surface area contributed by atoms with Gasteiger partial charge in [0.25, 0.3) is 0 Å². The third kappa shape index (κ3) is 5.00. The molecule has 0 saturated carbocycles. The van der Waals surface area contributed by atoms with E-state index in [1.165, 1.54) is 0 Å². The van der Waals surface area contributed by atoms with Gasteiger partial charge in [-0.05, 0) is 24.3 Å². The lowest BCUT2D eigenvalue weighted by Gasteiger charge is -2.30. The van der Waals surface area contributed by atoms with Gasteiger partial charge in [0.15, 0.2) is 5.84 Å². The van der Waals surface area contributed by atoms with Crippen LogP contribution in [0.5, 0.6) is 0 Å². The maximum Gasteiger partial charge on any atom is 0.170 e. The summed E-state index contributed by atoms with van der Waals surface area (Å²) in [6.07, 6.45) is 1.52. The van der Waals surface area contributed by atoms with Crippen LogP contribution >= 0.6 is 0 Å². The number of amidine groups is 1. The minimum atomic E-state index is -0.150. The largest absolute Gasteiger partial charge is 0.394 e. The Hall–Kier alpha value is -1.59. The summed E-state index contributed by atoms with van der Waals surface area (Å²) in [6.45, 7) is 7.36. The van der Waals surface area contributed by atoms with Crippen LogP contribution in [0, 0.1) is 5.92 Å². The van der Waals surface area contributed by atoms with Crippen LogP contribution in [0.4, 0.5) is 0 Å². The summed E-state index contributed by atoms with van der Waals surface area (Å²) in [5, 5.41) is 13.6. The Morgan fingerprint density at radius 1 is 1.36 bits per heavy atom. The molecule has 0 spiro atoms. The molecule has 0 unspecified atom stereocenters. The summed E-state index contributed by atoms with van der Waals surface area (Å²) in [5.74, 6) is 0.847. The maximum atomic E-state index is 9.60. The van der Waals surface area contributed by atoms with Gasteiger partial charge < -0.3 is 15.7 Å². The zero-order chi connectivity index (χ0) is 15.9. The third-order valence-electron chi connectivity index (χ3n) is 3.82. The summed E-state index contributed by atoms with van der Waals surface area (Å²) in [5.41, 5.74) is 8.15. The van der Waals surface area contributed by atoms with Gasteiger partial charge in [-0.1, -0.05) is 43.3 Å². The molecule has 0 amide bonds. The van der Waals surface area contributed by atoms with Gasteiger partial charge >= 0.3 is 0 Å². The van der Waals surface area contributed by atoms with Gasteiger partial charge in [0, 0.05) is 25.2 Å². The van der Waals surface area contributed by atoms with Crippen LogP contribution < -0.4 is 5.73 Å². The maximum absolute atomic E-state index is 9.60. The number of likely N-dealkylation sites (tertiary alicyclic amines) is 1. The van der Waals surface area contributed by atoms with Crippen molar-refractivity contribution in [2.75, 3.05) is 19.7 Å². The number of benzene rings is 1. The first-order valence-corrected chi connectivity index (χ1v) is 8.00. The molecular formula is C17H27N3O2. The molecule has 1 aromatic carbocycles. The molecule has 0 atom stereocenters. The number of oxime groups is 1. The van der Waals surface area contributed by atoms with E-state index in [2.05, 4.69) is 30.0 Å². The van der Waals surface area contributed by atoms with Crippen LogP contribution in [-0.4, -0.2) is 41.6 Å². The number of aliphatic hydroxyl groups excluding tert-OH is 1. The zero-order valence-corrected chi connectivity index (χ0v) is 13.5. The van der Waals surface area contributed by atoms with E-state index in [0.29, 0.717) is 18.4 Å². The third-order valence-corrected chi connectivity index (χ3v) is 3.82. The summed E-state index contributed by atoms with van der Waals surface area (Å²) in [4.78, 5) is 7.63. The highest BCUT2D eigenvalue weighted by atomic mass is 16.6. The topological polar surface area (TPSA) is 71.1 Å². The molecule has 0 radical (unpaired) electrons. The summed E-state index contributed by atoms with van der Waals surface area (Å²) in [7, 11) is 0. The fourth-order valence-corrected chi connectivity index (χ4v) is 2.53. The lowest BCUT2D eigenvalue weighted by molar-refractivity contribution is 0.0792. The van der Waals surface area contributed by atoms with Crippen molar-refractivity contribution in [2.45, 2.75) is 39.3 Å². The molecule has 1 fully saturated rings. The molecule has 1 saturated heterocycles. The molecule has 1 aliphatic heterocycles. The van der Waals surface area contributed by atoms with Crippen LogP contribution in [0.3, 0.4) is 0 Å². The quantitative estimate of drug-likeness (QED) is 0.479. The van der Waals surface area contributed by atoms with Crippen molar-refractivity contribution in [2.24, 2.45) is 16.8 Å². The molecule has 3 N–H and O–H groups in total. The molecule has 122 valence electrons. The lowest BCUT2D eigenvalue weighted by Crippen LogP contribution is -2.35. The minimum Gasteiger partial charge on any atom is -0.394 e. The van der Waals surface area contributed by atoms with E-state index in [0.717, 1.165) is 43.6 Å². The average molecular weight is 305 g/mol. The SMILES string of the molecule is CC(C)CON=C(N)c1ccccc1CN1CCC(O)CC1. The van der Waals surface area contributed by atoms with Gasteiger partial charge in [-0.15, -0.1) is 0 Å². The molecule has 1 heterocycles. The fourth-order valence-electron chi connectivity index (χ4n) is 2.53. The van der Waals surface area contributed by atoms with E-state index < -0.39 is 0 Å². The predicted octanol–water partition coefficient (Wildman–Crippen LogP) is 1.94. The van der Waals surface area contributed by atoms with E-state index in [1.807, 2.05) is 18.2 Å². The van der Waals surface area contributed by atoms with Crippen LogP contribution in [0.25, 0.3) is 0 Å². The second kappa shape index (κ2) is 8.15. The Bertz CT molecular complexity index is 494. The van der Waals surface area contributed by atoms with Gasteiger partial charge in [-0.3, -0.25) is 4.90 Å². The summed E-state index contributed by atoms with van der Waals surface area (Å²) in [6, 6.07) is 8.03. The van der Waals surface area contributed by atoms with Crippen LogP contribution in [0.1, 0.15) is 37.8 Å². The molecule has 5 heteroatoms. The smallest absolute Gasteiger partial charge is 0.170 e. The zero-order valence-electron chi connectivity index (χ0n) is 13.5. The first kappa shape index (κ1) is 16.8. The number of hydrogen-bond acceptors (Lipinski definition) is 4. The first-order chi connectivity index (χ1) is 10.6. The molecular weight excluding hydrogens is 278 g/mol. The number of nitrogens with zero attached hydrogens (tertiary/aromatic N) is 2. The summed E-state index contributed by atoms with van der Waals surface area (Å²) >= 11 is 0. The van der Waals surface area contributed by atoms with Crippen LogP contribution in [-0.2, 0) is 11.4 Å². The first-order valence-electron chi connectivity index (χ1n) is 8.00. The molecule has 0 aromatic heterocycles. The van der Waals surface area contributed by atoms with Crippen molar-refractivity contribution in [3.63, 3.8) is 0 Å². The molecule has 0 aliphatic carbocycles. The van der Waals surface area contributed by atoms with Gasteiger partial charge in [0.05, 0.1) is 6.10 Å². The van der Waals surface area contributed by atoms with Crippen molar-refractivity contribution in [3.8, 4) is 0 Å². The van der Waals surface area contributed by atoms with Crippen molar-refractivity contribution in [1.29, 1.82) is 0 Å². The van der Waals surface area contributed by atoms with Gasteiger partial charge in [-0.25, -0.2) is 0 Å². The molecule has 1 aromatic rings. The Labute approximate surface area is 132 Å². The van der Waals surface area contributed by atoms with E-state index >= 15 is 0 Å². The molecule has 22 heavy (non-hydrogen) atoms. The van der Waals surface area contributed by atoms with Gasteiger partial charge in [-0.2, -0.15) is 0 Å². The number of rotatable bonds is 6. The van der Waals surface area contributed by atoms with Crippen molar-refractivity contribution < 1.29 is 9.94 Å². The van der Waals surface area contributed by atoms with Crippen LogP contribution in [0.2, 0.25) is 0 Å². The standard InChI is InChI=1S/C17H27N3O2/c1-13(2)12-22-19-17(18)16-6-4-3-5-14(16)11-20-9-7-15(21)8-10-20/h3-6,13,15,21H,7-12H2,1-2H3,(H2,18,19). The summed E-state index contributed by atoms with van der Waals surface area (Å²) < 4.78 is 0. The van der Waals surface area contributed by atoms with E-state index in [9.17, 15) is 5.11 Å².